The van der Waals surface area contributed by atoms with E-state index in [-0.39, 0.29) is 5.91 Å². The summed E-state index contributed by atoms with van der Waals surface area (Å²) < 4.78 is 1.96. The van der Waals surface area contributed by atoms with Gasteiger partial charge in [0.25, 0.3) is 5.91 Å². The molecule has 3 heterocycles. The number of rotatable bonds is 5. The molecule has 0 aliphatic carbocycles. The molecule has 134 valence electrons. The number of pyridine rings is 1. The number of imidazole rings is 1. The molecule has 0 atom stereocenters. The molecule has 0 bridgehead atoms. The summed E-state index contributed by atoms with van der Waals surface area (Å²) in [5, 5.41) is 12.0. The van der Waals surface area contributed by atoms with Gasteiger partial charge >= 0.3 is 0 Å². The Kier molecular flexibility index (Phi) is 4.67. The molecule has 0 spiro atoms. The van der Waals surface area contributed by atoms with Crippen LogP contribution in [0.5, 0.6) is 0 Å². The molecule has 1 aromatic carbocycles. The first kappa shape index (κ1) is 17.0. The summed E-state index contributed by atoms with van der Waals surface area (Å²) in [5.74, 6) is 0.114. The summed E-state index contributed by atoms with van der Waals surface area (Å²) in [7, 11) is 0. The molecule has 0 aliphatic heterocycles. The van der Waals surface area contributed by atoms with Gasteiger partial charge in [-0.25, -0.2) is 4.98 Å². The zero-order chi connectivity index (χ0) is 18.6. The van der Waals surface area contributed by atoms with E-state index in [0.717, 1.165) is 10.8 Å². The number of nitrogens with zero attached hydrogens (tertiary/aromatic N) is 6. The van der Waals surface area contributed by atoms with Crippen molar-refractivity contribution in [3.8, 4) is 11.4 Å². The van der Waals surface area contributed by atoms with Crippen molar-refractivity contribution in [3.05, 3.63) is 72.9 Å². The molecule has 27 heavy (non-hydrogen) atoms. The van der Waals surface area contributed by atoms with Crippen molar-refractivity contribution in [3.63, 3.8) is 0 Å². The lowest BCUT2D eigenvalue weighted by atomic mass is 10.2. The Labute approximate surface area is 159 Å². The van der Waals surface area contributed by atoms with Crippen molar-refractivity contribution in [1.82, 2.24) is 29.5 Å². The van der Waals surface area contributed by atoms with E-state index >= 15 is 0 Å². The standard InChI is InChI=1S/C18H15N7OS/c1-27-18-20-9-10-24(18)14-6-4-13(5-7-14)17(26)22-16-12-21-25(23-16)15-3-2-8-19-11-15/h2-12H,1H3,(H,22,23,26). The molecule has 0 saturated carbocycles. The van der Waals surface area contributed by atoms with Crippen molar-refractivity contribution >= 4 is 23.5 Å². The fraction of sp³-hybridized carbons (Fsp3) is 0.0556. The number of carbonyl (C=O) groups excluding carboxylic acids is 1. The lowest BCUT2D eigenvalue weighted by Gasteiger charge is -2.07. The van der Waals surface area contributed by atoms with E-state index < -0.39 is 0 Å². The molecule has 0 aliphatic rings. The first-order valence-corrected chi connectivity index (χ1v) is 9.29. The average Bonchev–Trinajstić information content (AvgIpc) is 3.38. The van der Waals surface area contributed by atoms with Crippen LogP contribution in [0, 0.1) is 0 Å². The summed E-state index contributed by atoms with van der Waals surface area (Å²) in [5.41, 5.74) is 2.18. The zero-order valence-corrected chi connectivity index (χ0v) is 15.2. The fourth-order valence-corrected chi connectivity index (χ4v) is 3.05. The second-order valence-corrected chi connectivity index (χ2v) is 6.29. The summed E-state index contributed by atoms with van der Waals surface area (Å²) in [6.07, 6.45) is 10.4. The van der Waals surface area contributed by atoms with Gasteiger partial charge in [0.05, 0.1) is 12.4 Å². The number of hydrogen-bond donors (Lipinski definition) is 1. The summed E-state index contributed by atoms with van der Waals surface area (Å²) in [6, 6.07) is 10.9. The molecule has 3 aromatic heterocycles. The van der Waals surface area contributed by atoms with Crippen LogP contribution >= 0.6 is 11.8 Å². The van der Waals surface area contributed by atoms with E-state index in [1.54, 1.807) is 48.6 Å². The molecule has 0 radical (unpaired) electrons. The van der Waals surface area contributed by atoms with Crippen LogP contribution < -0.4 is 5.32 Å². The number of hydrogen-bond acceptors (Lipinski definition) is 6. The third kappa shape index (κ3) is 3.58. The Morgan fingerprint density at radius 2 is 1.93 bits per heavy atom. The SMILES string of the molecule is CSc1nccn1-c1ccc(C(=O)Nc2cnn(-c3cccnc3)n2)cc1. The van der Waals surface area contributed by atoms with Gasteiger partial charge in [-0.1, -0.05) is 11.8 Å². The highest BCUT2D eigenvalue weighted by molar-refractivity contribution is 7.98. The monoisotopic (exact) mass is 377 g/mol. The average molecular weight is 377 g/mol. The predicted molar refractivity (Wildman–Crippen MR) is 102 cm³/mol. The predicted octanol–water partition coefficient (Wildman–Crippen LogP) is 2.82. The molecule has 0 saturated heterocycles. The molecule has 1 amide bonds. The van der Waals surface area contributed by atoms with Crippen LogP contribution in [0.3, 0.4) is 0 Å². The fourth-order valence-electron chi connectivity index (χ4n) is 2.52. The Hall–Kier alpha value is -3.46. The highest BCUT2D eigenvalue weighted by atomic mass is 32.2. The van der Waals surface area contributed by atoms with Crippen molar-refractivity contribution < 1.29 is 4.79 Å². The molecule has 8 nitrogen and oxygen atoms in total. The number of nitrogens with one attached hydrogen (secondary N) is 1. The van der Waals surface area contributed by atoms with Gasteiger partial charge in [0.15, 0.2) is 11.0 Å². The van der Waals surface area contributed by atoms with Crippen LogP contribution in [-0.2, 0) is 0 Å². The van der Waals surface area contributed by atoms with Gasteiger partial charge in [-0.15, -0.1) is 9.90 Å². The van der Waals surface area contributed by atoms with Crippen LogP contribution in [0.2, 0.25) is 0 Å². The van der Waals surface area contributed by atoms with Crippen LogP contribution in [0.15, 0.2) is 72.5 Å². The Morgan fingerprint density at radius 3 is 2.67 bits per heavy atom. The third-order valence-electron chi connectivity index (χ3n) is 3.81. The van der Waals surface area contributed by atoms with Gasteiger partial charge in [0.1, 0.15) is 5.69 Å². The van der Waals surface area contributed by atoms with Crippen molar-refractivity contribution in [1.29, 1.82) is 0 Å². The van der Waals surface area contributed by atoms with E-state index in [0.29, 0.717) is 17.1 Å². The molecular weight excluding hydrogens is 362 g/mol. The van der Waals surface area contributed by atoms with E-state index in [4.69, 9.17) is 0 Å². The van der Waals surface area contributed by atoms with E-state index in [9.17, 15) is 4.79 Å². The minimum Gasteiger partial charge on any atom is -0.304 e. The Bertz CT molecular complexity index is 1060. The second kappa shape index (κ2) is 7.42. The van der Waals surface area contributed by atoms with Gasteiger partial charge in [0.2, 0.25) is 0 Å². The zero-order valence-electron chi connectivity index (χ0n) is 14.4. The van der Waals surface area contributed by atoms with Crippen LogP contribution in [0.4, 0.5) is 5.82 Å². The topological polar surface area (TPSA) is 90.5 Å². The van der Waals surface area contributed by atoms with E-state index in [1.165, 1.54) is 11.0 Å². The van der Waals surface area contributed by atoms with Gasteiger partial charge in [0, 0.05) is 29.8 Å². The number of amides is 1. The largest absolute Gasteiger partial charge is 0.304 e. The summed E-state index contributed by atoms with van der Waals surface area (Å²) in [4.78, 5) is 22.2. The highest BCUT2D eigenvalue weighted by Crippen LogP contribution is 2.18. The number of thioether (sulfide) groups is 1. The lowest BCUT2D eigenvalue weighted by molar-refractivity contribution is 0.102. The molecule has 0 unspecified atom stereocenters. The van der Waals surface area contributed by atoms with Crippen LogP contribution in [0.25, 0.3) is 11.4 Å². The quantitative estimate of drug-likeness (QED) is 0.538. The first-order chi connectivity index (χ1) is 13.2. The minimum absolute atomic E-state index is 0.254. The molecule has 4 aromatic rings. The summed E-state index contributed by atoms with van der Waals surface area (Å²) in [6.45, 7) is 0. The van der Waals surface area contributed by atoms with Gasteiger partial charge in [-0.3, -0.25) is 14.3 Å². The van der Waals surface area contributed by atoms with Crippen molar-refractivity contribution in [2.24, 2.45) is 0 Å². The van der Waals surface area contributed by atoms with Gasteiger partial charge in [-0.05, 0) is 42.7 Å². The van der Waals surface area contributed by atoms with E-state index in [1.807, 2.05) is 35.2 Å². The molecule has 0 fully saturated rings. The number of carbonyl (C=O) groups is 1. The van der Waals surface area contributed by atoms with Crippen molar-refractivity contribution in [2.45, 2.75) is 5.16 Å². The first-order valence-electron chi connectivity index (χ1n) is 8.06. The van der Waals surface area contributed by atoms with Gasteiger partial charge in [-0.2, -0.15) is 5.10 Å². The lowest BCUT2D eigenvalue weighted by Crippen LogP contribution is -2.12. The smallest absolute Gasteiger partial charge is 0.256 e. The maximum absolute atomic E-state index is 12.5. The summed E-state index contributed by atoms with van der Waals surface area (Å²) >= 11 is 1.56. The molecule has 4 rings (SSSR count). The van der Waals surface area contributed by atoms with Crippen LogP contribution in [-0.4, -0.2) is 41.7 Å². The van der Waals surface area contributed by atoms with Crippen molar-refractivity contribution in [2.75, 3.05) is 11.6 Å². The number of benzene rings is 1. The Balaban J connectivity index is 1.48. The minimum atomic E-state index is -0.254. The second-order valence-electron chi connectivity index (χ2n) is 5.52. The normalized spacial score (nSPS) is 10.7. The van der Waals surface area contributed by atoms with E-state index in [2.05, 4.69) is 25.5 Å². The van der Waals surface area contributed by atoms with Crippen LogP contribution in [0.1, 0.15) is 10.4 Å². The third-order valence-corrected chi connectivity index (χ3v) is 4.47. The maximum Gasteiger partial charge on any atom is 0.256 e. The molecule has 9 heteroatoms. The Morgan fingerprint density at radius 1 is 1.07 bits per heavy atom. The molecular formula is C18H15N7OS. The maximum atomic E-state index is 12.5. The number of aromatic nitrogens is 6. The molecule has 1 N–H and O–H groups in total. The highest BCUT2D eigenvalue weighted by Gasteiger charge is 2.10. The number of anilines is 1. The van der Waals surface area contributed by atoms with Gasteiger partial charge < -0.3 is 5.32 Å².